The second kappa shape index (κ2) is 7.89. The summed E-state index contributed by atoms with van der Waals surface area (Å²) >= 11 is 11.9. The normalized spacial score (nSPS) is 11.0. The van der Waals surface area contributed by atoms with Gasteiger partial charge in [-0.15, -0.1) is 0 Å². The molecule has 1 amide bonds. The van der Waals surface area contributed by atoms with Crippen molar-refractivity contribution in [3.63, 3.8) is 0 Å². The highest BCUT2D eigenvalue weighted by Gasteiger charge is 2.22. The maximum Gasteiger partial charge on any atom is 0.254 e. The van der Waals surface area contributed by atoms with Crippen LogP contribution in [0, 0.1) is 0 Å². The van der Waals surface area contributed by atoms with Crippen LogP contribution in [0.1, 0.15) is 30.1 Å². The summed E-state index contributed by atoms with van der Waals surface area (Å²) in [5, 5.41) is 5.14. The van der Waals surface area contributed by atoms with Gasteiger partial charge in [-0.25, -0.2) is 0 Å². The number of amides is 1. The zero-order valence-corrected chi connectivity index (χ0v) is 15.8. The molecule has 0 radical (unpaired) electrons. The molecule has 3 rings (SSSR count). The molecule has 0 aliphatic carbocycles. The SMILES string of the molecule is CC(C)N(Cc1nc(-c2ccc(Cl)cc2)no1)C(=O)c1cccc(Cl)c1. The summed E-state index contributed by atoms with van der Waals surface area (Å²) in [6, 6.07) is 14.0. The van der Waals surface area contributed by atoms with E-state index < -0.39 is 0 Å². The first kappa shape index (κ1) is 18.4. The Labute approximate surface area is 161 Å². The predicted molar refractivity (Wildman–Crippen MR) is 101 cm³/mol. The molecule has 0 atom stereocenters. The Kier molecular flexibility index (Phi) is 5.59. The van der Waals surface area contributed by atoms with E-state index in [2.05, 4.69) is 10.1 Å². The van der Waals surface area contributed by atoms with Gasteiger partial charge in [0.15, 0.2) is 0 Å². The van der Waals surface area contributed by atoms with Crippen LogP contribution in [0.3, 0.4) is 0 Å². The molecule has 5 nitrogen and oxygen atoms in total. The first-order valence-electron chi connectivity index (χ1n) is 8.09. The fourth-order valence-electron chi connectivity index (χ4n) is 2.46. The van der Waals surface area contributed by atoms with Gasteiger partial charge in [0.25, 0.3) is 5.91 Å². The van der Waals surface area contributed by atoms with Gasteiger partial charge in [-0.3, -0.25) is 4.79 Å². The van der Waals surface area contributed by atoms with Crippen molar-refractivity contribution in [2.45, 2.75) is 26.4 Å². The monoisotopic (exact) mass is 389 g/mol. The van der Waals surface area contributed by atoms with Crippen LogP contribution >= 0.6 is 23.2 Å². The second-order valence-corrected chi connectivity index (χ2v) is 6.93. The van der Waals surface area contributed by atoms with E-state index in [1.165, 1.54) is 0 Å². The minimum absolute atomic E-state index is 0.0487. The standard InChI is InChI=1S/C19H17Cl2N3O2/c1-12(2)24(19(25)14-4-3-5-16(21)10-14)11-17-22-18(23-26-17)13-6-8-15(20)9-7-13/h3-10,12H,11H2,1-2H3. The van der Waals surface area contributed by atoms with Gasteiger partial charge in [0.2, 0.25) is 11.7 Å². The molecule has 2 aromatic carbocycles. The lowest BCUT2D eigenvalue weighted by Crippen LogP contribution is -2.36. The van der Waals surface area contributed by atoms with E-state index in [9.17, 15) is 4.79 Å². The van der Waals surface area contributed by atoms with E-state index in [1.807, 2.05) is 26.0 Å². The Morgan fingerprint density at radius 3 is 2.50 bits per heavy atom. The molecule has 0 N–H and O–H groups in total. The lowest BCUT2D eigenvalue weighted by atomic mass is 10.1. The zero-order valence-electron chi connectivity index (χ0n) is 14.3. The third kappa shape index (κ3) is 4.23. The third-order valence-electron chi connectivity index (χ3n) is 3.83. The van der Waals surface area contributed by atoms with Crippen LogP contribution in [0.15, 0.2) is 53.1 Å². The number of aromatic nitrogens is 2. The Morgan fingerprint density at radius 1 is 1.12 bits per heavy atom. The van der Waals surface area contributed by atoms with Crippen molar-refractivity contribution >= 4 is 29.1 Å². The maximum absolute atomic E-state index is 12.8. The molecule has 7 heteroatoms. The highest BCUT2D eigenvalue weighted by atomic mass is 35.5. The summed E-state index contributed by atoms with van der Waals surface area (Å²) in [7, 11) is 0. The van der Waals surface area contributed by atoms with Crippen molar-refractivity contribution in [2.24, 2.45) is 0 Å². The van der Waals surface area contributed by atoms with Crippen LogP contribution in [0.25, 0.3) is 11.4 Å². The fourth-order valence-corrected chi connectivity index (χ4v) is 2.77. The number of carbonyl (C=O) groups is 1. The molecule has 0 saturated heterocycles. The van der Waals surface area contributed by atoms with Crippen molar-refractivity contribution in [1.82, 2.24) is 15.0 Å². The minimum atomic E-state index is -0.145. The van der Waals surface area contributed by atoms with Gasteiger partial charge in [0.05, 0.1) is 0 Å². The van der Waals surface area contributed by atoms with E-state index in [0.29, 0.717) is 27.3 Å². The van der Waals surface area contributed by atoms with Crippen LogP contribution in [-0.2, 0) is 6.54 Å². The first-order valence-corrected chi connectivity index (χ1v) is 8.84. The molecular weight excluding hydrogens is 373 g/mol. The molecular formula is C19H17Cl2N3O2. The molecule has 3 aromatic rings. The molecule has 0 saturated carbocycles. The molecule has 0 unspecified atom stereocenters. The number of benzene rings is 2. The highest BCUT2D eigenvalue weighted by Crippen LogP contribution is 2.20. The molecule has 0 spiro atoms. The van der Waals surface area contributed by atoms with Crippen LogP contribution in [-0.4, -0.2) is 27.0 Å². The number of carbonyl (C=O) groups excluding carboxylic acids is 1. The Balaban J connectivity index is 1.80. The van der Waals surface area contributed by atoms with Crippen molar-refractivity contribution < 1.29 is 9.32 Å². The van der Waals surface area contributed by atoms with Crippen LogP contribution in [0.4, 0.5) is 0 Å². The Hall–Kier alpha value is -2.37. The summed E-state index contributed by atoms with van der Waals surface area (Å²) in [5.41, 5.74) is 1.31. The Morgan fingerprint density at radius 2 is 1.85 bits per heavy atom. The summed E-state index contributed by atoms with van der Waals surface area (Å²) in [5.74, 6) is 0.670. The van der Waals surface area contributed by atoms with Crippen molar-refractivity contribution in [2.75, 3.05) is 0 Å². The summed E-state index contributed by atoms with van der Waals surface area (Å²) < 4.78 is 5.33. The second-order valence-electron chi connectivity index (χ2n) is 6.06. The van der Waals surface area contributed by atoms with E-state index >= 15 is 0 Å². The van der Waals surface area contributed by atoms with Gasteiger partial charge in [-0.1, -0.05) is 34.4 Å². The lowest BCUT2D eigenvalue weighted by Gasteiger charge is -2.25. The first-order chi connectivity index (χ1) is 12.4. The summed E-state index contributed by atoms with van der Waals surface area (Å²) in [4.78, 5) is 18.9. The van der Waals surface area contributed by atoms with E-state index in [4.69, 9.17) is 27.7 Å². The van der Waals surface area contributed by atoms with Gasteiger partial charge in [0.1, 0.15) is 6.54 Å². The third-order valence-corrected chi connectivity index (χ3v) is 4.32. The lowest BCUT2D eigenvalue weighted by molar-refractivity contribution is 0.0667. The molecule has 1 heterocycles. The average Bonchev–Trinajstić information content (AvgIpc) is 3.08. The molecule has 0 aliphatic rings. The van der Waals surface area contributed by atoms with Crippen LogP contribution in [0.2, 0.25) is 10.0 Å². The van der Waals surface area contributed by atoms with Gasteiger partial charge in [-0.2, -0.15) is 4.98 Å². The van der Waals surface area contributed by atoms with Gasteiger partial charge in [-0.05, 0) is 56.3 Å². The van der Waals surface area contributed by atoms with E-state index in [-0.39, 0.29) is 18.5 Å². The van der Waals surface area contributed by atoms with Crippen LogP contribution in [0.5, 0.6) is 0 Å². The van der Waals surface area contributed by atoms with Crippen molar-refractivity contribution in [3.8, 4) is 11.4 Å². The van der Waals surface area contributed by atoms with Crippen molar-refractivity contribution in [3.05, 3.63) is 70.0 Å². The Bertz CT molecular complexity index is 907. The molecule has 26 heavy (non-hydrogen) atoms. The molecule has 134 valence electrons. The number of hydrogen-bond acceptors (Lipinski definition) is 4. The summed E-state index contributed by atoms with van der Waals surface area (Å²) in [6.45, 7) is 4.07. The minimum Gasteiger partial charge on any atom is -0.337 e. The predicted octanol–water partition coefficient (Wildman–Crippen LogP) is 5.09. The van der Waals surface area contributed by atoms with E-state index in [1.54, 1.807) is 41.3 Å². The largest absolute Gasteiger partial charge is 0.337 e. The number of hydrogen-bond donors (Lipinski definition) is 0. The number of rotatable bonds is 5. The quantitative estimate of drug-likeness (QED) is 0.609. The fraction of sp³-hybridized carbons (Fsp3) is 0.211. The maximum atomic E-state index is 12.8. The zero-order chi connectivity index (χ0) is 18.7. The summed E-state index contributed by atoms with van der Waals surface area (Å²) in [6.07, 6.45) is 0. The van der Waals surface area contributed by atoms with Gasteiger partial charge in [0, 0.05) is 27.2 Å². The van der Waals surface area contributed by atoms with Gasteiger partial charge < -0.3 is 9.42 Å². The van der Waals surface area contributed by atoms with Crippen molar-refractivity contribution in [1.29, 1.82) is 0 Å². The molecule has 0 fully saturated rings. The average molecular weight is 390 g/mol. The smallest absolute Gasteiger partial charge is 0.254 e. The van der Waals surface area contributed by atoms with E-state index in [0.717, 1.165) is 5.56 Å². The number of halogens is 2. The molecule has 1 aromatic heterocycles. The highest BCUT2D eigenvalue weighted by molar-refractivity contribution is 6.31. The molecule has 0 bridgehead atoms. The van der Waals surface area contributed by atoms with Crippen LogP contribution < -0.4 is 0 Å². The van der Waals surface area contributed by atoms with Gasteiger partial charge >= 0.3 is 0 Å². The topological polar surface area (TPSA) is 59.2 Å². The number of nitrogens with zero attached hydrogens (tertiary/aromatic N) is 3. The molecule has 0 aliphatic heterocycles.